The fourth-order valence-electron chi connectivity index (χ4n) is 1.24. The third kappa shape index (κ3) is 1.75. The van der Waals surface area contributed by atoms with Gasteiger partial charge in [0.1, 0.15) is 7.85 Å². The fraction of sp³-hybridized carbons (Fsp3) is 0.333. The summed E-state index contributed by atoms with van der Waals surface area (Å²) in [6, 6.07) is 5.55. The van der Waals surface area contributed by atoms with Crippen LogP contribution in [0, 0.1) is 0 Å². The van der Waals surface area contributed by atoms with Crippen molar-refractivity contribution in [2.45, 2.75) is 24.4 Å². The predicted octanol–water partition coefficient (Wildman–Crippen LogP) is 1.16. The monoisotopic (exact) mass is 192 g/mol. The first-order valence-corrected chi connectivity index (χ1v) is 4.51. The van der Waals surface area contributed by atoms with Crippen molar-refractivity contribution in [2.75, 3.05) is 0 Å². The molecule has 0 spiro atoms. The van der Waals surface area contributed by atoms with Crippen LogP contribution in [0.4, 0.5) is 0 Å². The second-order valence-corrected chi connectivity index (χ2v) is 3.47. The van der Waals surface area contributed by atoms with E-state index in [0.29, 0.717) is 5.46 Å². The summed E-state index contributed by atoms with van der Waals surface area (Å²) < 4.78 is 10.6. The molecule has 1 aliphatic heterocycles. The van der Waals surface area contributed by atoms with Gasteiger partial charge in [0.2, 0.25) is 0 Å². The van der Waals surface area contributed by atoms with Crippen LogP contribution in [-0.4, -0.2) is 14.1 Å². The molecule has 2 rings (SSSR count). The Hall–Kier alpha value is -0.445. The van der Waals surface area contributed by atoms with E-state index < -0.39 is 0 Å². The molecule has 0 unspecified atom stereocenters. The lowest BCUT2D eigenvalue weighted by Gasteiger charge is -2.34. The van der Waals surface area contributed by atoms with Gasteiger partial charge in [0.25, 0.3) is 0 Å². The molecule has 4 heteroatoms. The molecule has 2 radical (unpaired) electrons. The normalized spacial score (nSPS) is 26.9. The molecule has 1 aliphatic rings. The van der Waals surface area contributed by atoms with Gasteiger partial charge in [-0.25, -0.2) is 0 Å². The molecule has 2 nitrogen and oxygen atoms in total. The number of thiol groups is 1. The number of rotatable bonds is 1. The van der Waals surface area contributed by atoms with Crippen LogP contribution in [0.15, 0.2) is 23.1 Å². The third-order valence-corrected chi connectivity index (χ3v) is 2.36. The lowest BCUT2D eigenvalue weighted by Crippen LogP contribution is -2.32. The zero-order valence-electron chi connectivity index (χ0n) is 7.23. The molecule has 1 fully saturated rings. The summed E-state index contributed by atoms with van der Waals surface area (Å²) in [5.41, 5.74) is 1.58. The van der Waals surface area contributed by atoms with E-state index in [1.54, 1.807) is 0 Å². The van der Waals surface area contributed by atoms with Crippen molar-refractivity contribution in [2.24, 2.45) is 0 Å². The highest BCUT2D eigenvalue weighted by Gasteiger charge is 2.28. The lowest BCUT2D eigenvalue weighted by molar-refractivity contribution is -0.382. The van der Waals surface area contributed by atoms with Crippen LogP contribution in [-0.2, 0) is 9.47 Å². The van der Waals surface area contributed by atoms with Gasteiger partial charge in [0.15, 0.2) is 12.6 Å². The van der Waals surface area contributed by atoms with E-state index in [9.17, 15) is 0 Å². The zero-order valence-corrected chi connectivity index (χ0v) is 8.12. The average molecular weight is 192 g/mol. The smallest absolute Gasteiger partial charge is 0.189 e. The second-order valence-electron chi connectivity index (χ2n) is 2.99. The van der Waals surface area contributed by atoms with Crippen molar-refractivity contribution < 1.29 is 9.47 Å². The summed E-state index contributed by atoms with van der Waals surface area (Å²) in [5.74, 6) is 0. The maximum atomic E-state index is 5.68. The quantitative estimate of drug-likeness (QED) is 0.531. The van der Waals surface area contributed by atoms with Crippen LogP contribution in [0.2, 0.25) is 0 Å². The van der Waals surface area contributed by atoms with Gasteiger partial charge >= 0.3 is 0 Å². The Balaban J connectivity index is 2.18. The molecule has 0 aromatic heterocycles. The molecule has 13 heavy (non-hydrogen) atoms. The third-order valence-electron chi connectivity index (χ3n) is 1.95. The summed E-state index contributed by atoms with van der Waals surface area (Å²) in [5, 5.41) is 0. The second kappa shape index (κ2) is 3.37. The molecular formula is C9H9BO2S. The molecule has 0 amide bonds. The van der Waals surface area contributed by atoms with E-state index in [0.717, 1.165) is 10.5 Å². The number of ether oxygens (including phenoxy) is 2. The fourth-order valence-corrected chi connectivity index (χ4v) is 1.37. The Morgan fingerprint density at radius 1 is 1.38 bits per heavy atom. The Labute approximate surface area is 84.1 Å². The Morgan fingerprint density at radius 2 is 2.08 bits per heavy atom. The van der Waals surface area contributed by atoms with Gasteiger partial charge in [-0.05, 0) is 17.9 Å². The van der Waals surface area contributed by atoms with E-state index in [4.69, 9.17) is 17.3 Å². The Bertz CT molecular complexity index is 323. The maximum absolute atomic E-state index is 5.68. The summed E-state index contributed by atoms with van der Waals surface area (Å²) in [6.45, 7) is 1.85. The maximum Gasteiger partial charge on any atom is 0.189 e. The van der Waals surface area contributed by atoms with Gasteiger partial charge in [0, 0.05) is 5.56 Å². The predicted molar refractivity (Wildman–Crippen MR) is 53.5 cm³/mol. The highest BCUT2D eigenvalue weighted by Crippen LogP contribution is 2.30. The standard InChI is InChI=1S/C9H9BO2S/c1-5-11-9(12-5)6-2-3-8(13)7(10)4-6/h2-5,9,13H,1H3. The lowest BCUT2D eigenvalue weighted by atomic mass is 9.94. The number of benzene rings is 1. The van der Waals surface area contributed by atoms with E-state index in [1.165, 1.54) is 0 Å². The van der Waals surface area contributed by atoms with Crippen LogP contribution in [0.25, 0.3) is 0 Å². The minimum Gasteiger partial charge on any atom is -0.320 e. The first-order chi connectivity index (χ1) is 6.16. The molecule has 0 aliphatic carbocycles. The summed E-state index contributed by atoms with van der Waals surface area (Å²) >= 11 is 4.17. The van der Waals surface area contributed by atoms with Crippen molar-refractivity contribution in [1.29, 1.82) is 0 Å². The van der Waals surface area contributed by atoms with Gasteiger partial charge in [0.05, 0.1) is 0 Å². The van der Waals surface area contributed by atoms with Gasteiger partial charge < -0.3 is 9.47 Å². The van der Waals surface area contributed by atoms with Gasteiger partial charge in [-0.15, -0.1) is 12.6 Å². The van der Waals surface area contributed by atoms with Gasteiger partial charge in [-0.2, -0.15) is 0 Å². The van der Waals surface area contributed by atoms with Gasteiger partial charge in [-0.3, -0.25) is 0 Å². The Morgan fingerprint density at radius 3 is 2.62 bits per heavy atom. The van der Waals surface area contributed by atoms with E-state index >= 15 is 0 Å². The number of hydrogen-bond acceptors (Lipinski definition) is 3. The Kier molecular flexibility index (Phi) is 2.36. The molecule has 0 bridgehead atoms. The van der Waals surface area contributed by atoms with Crippen LogP contribution < -0.4 is 5.46 Å². The molecule has 0 N–H and O–H groups in total. The molecule has 66 valence electrons. The summed E-state index contributed by atoms with van der Waals surface area (Å²) in [6.07, 6.45) is -0.367. The van der Waals surface area contributed by atoms with Crippen molar-refractivity contribution in [3.05, 3.63) is 23.8 Å². The van der Waals surface area contributed by atoms with Crippen LogP contribution in [0.3, 0.4) is 0 Å². The van der Waals surface area contributed by atoms with Crippen molar-refractivity contribution in [3.63, 3.8) is 0 Å². The zero-order chi connectivity index (χ0) is 9.42. The highest BCUT2D eigenvalue weighted by molar-refractivity contribution is 7.80. The van der Waals surface area contributed by atoms with Crippen molar-refractivity contribution >= 4 is 25.9 Å². The van der Waals surface area contributed by atoms with Crippen LogP contribution in [0.1, 0.15) is 18.8 Å². The minimum atomic E-state index is -0.258. The van der Waals surface area contributed by atoms with Crippen LogP contribution >= 0.6 is 12.6 Å². The number of hydrogen-bond donors (Lipinski definition) is 1. The first kappa shape index (κ1) is 9.12. The molecule has 1 heterocycles. The van der Waals surface area contributed by atoms with E-state index in [-0.39, 0.29) is 12.6 Å². The topological polar surface area (TPSA) is 18.5 Å². The molecule has 1 aromatic carbocycles. The molecule has 0 atom stereocenters. The van der Waals surface area contributed by atoms with Crippen molar-refractivity contribution in [1.82, 2.24) is 0 Å². The molecule has 0 saturated carbocycles. The van der Waals surface area contributed by atoms with Crippen molar-refractivity contribution in [3.8, 4) is 0 Å². The summed E-state index contributed by atoms with van der Waals surface area (Å²) in [7, 11) is 5.68. The SMILES string of the molecule is [B]c1cc(C2OC(C)O2)ccc1S. The molecule has 1 saturated heterocycles. The van der Waals surface area contributed by atoms with Gasteiger partial charge in [-0.1, -0.05) is 17.6 Å². The molecular weight excluding hydrogens is 183 g/mol. The average Bonchev–Trinajstić information content (AvgIpc) is 2.05. The molecule has 1 aromatic rings. The summed E-state index contributed by atoms with van der Waals surface area (Å²) in [4.78, 5) is 0.774. The minimum absolute atomic E-state index is 0.109. The largest absolute Gasteiger partial charge is 0.320 e. The first-order valence-electron chi connectivity index (χ1n) is 4.06. The highest BCUT2D eigenvalue weighted by atomic mass is 32.1. The van der Waals surface area contributed by atoms with Crippen LogP contribution in [0.5, 0.6) is 0 Å². The van der Waals surface area contributed by atoms with E-state index in [1.807, 2.05) is 25.1 Å². The van der Waals surface area contributed by atoms with E-state index in [2.05, 4.69) is 12.6 Å².